The fourth-order valence-electron chi connectivity index (χ4n) is 2.30. The summed E-state index contributed by atoms with van der Waals surface area (Å²) in [4.78, 5) is 1.25. The number of methoxy groups -OCH3 is 1. The molecule has 4 heteroatoms. The van der Waals surface area contributed by atoms with E-state index in [2.05, 4.69) is 50.0 Å². The van der Waals surface area contributed by atoms with Gasteiger partial charge in [0.25, 0.3) is 0 Å². The van der Waals surface area contributed by atoms with Crippen LogP contribution in [0.5, 0.6) is 5.75 Å². The zero-order valence-corrected chi connectivity index (χ0v) is 16.6. The molecule has 0 aromatic heterocycles. The number of ether oxygens (including phenoxy) is 1. The van der Waals surface area contributed by atoms with Gasteiger partial charge in [0.2, 0.25) is 0 Å². The van der Waals surface area contributed by atoms with Gasteiger partial charge in [-0.1, -0.05) is 67.8 Å². The maximum atomic E-state index is 10.5. The second kappa shape index (κ2) is 8.56. The van der Waals surface area contributed by atoms with E-state index < -0.39 is 14.2 Å². The molecule has 0 heterocycles. The van der Waals surface area contributed by atoms with Crippen molar-refractivity contribution in [3.63, 3.8) is 0 Å². The van der Waals surface area contributed by atoms with Gasteiger partial charge >= 0.3 is 0 Å². The van der Waals surface area contributed by atoms with Gasteiger partial charge in [-0.25, -0.2) is 0 Å². The third kappa shape index (κ3) is 5.55. The number of thioether (sulfide) groups is 1. The largest absolute Gasteiger partial charge is 0.497 e. The normalized spacial score (nSPS) is 13.6. The van der Waals surface area contributed by atoms with Crippen LogP contribution in [0.3, 0.4) is 0 Å². The number of rotatable bonds is 7. The van der Waals surface area contributed by atoms with Gasteiger partial charge in [-0.15, -0.1) is 0 Å². The predicted molar refractivity (Wildman–Crippen MR) is 106 cm³/mol. The highest BCUT2D eigenvalue weighted by Crippen LogP contribution is 2.34. The molecule has 1 unspecified atom stereocenters. The van der Waals surface area contributed by atoms with Crippen LogP contribution in [0.15, 0.2) is 70.1 Å². The molecule has 0 amide bonds. The predicted octanol–water partition coefficient (Wildman–Crippen LogP) is 5.67. The Bertz CT molecular complexity index is 660. The number of aliphatic hydroxyl groups is 1. The lowest BCUT2D eigenvalue weighted by Gasteiger charge is -2.21. The lowest BCUT2D eigenvalue weighted by molar-refractivity contribution is 0.181. The Balaban J connectivity index is 2.11. The molecule has 0 saturated heterocycles. The van der Waals surface area contributed by atoms with Crippen molar-refractivity contribution >= 4 is 19.8 Å². The highest BCUT2D eigenvalue weighted by atomic mass is 32.2. The van der Waals surface area contributed by atoms with E-state index in [0.717, 1.165) is 11.3 Å². The Morgan fingerprint density at radius 2 is 1.71 bits per heavy atom. The average molecular weight is 359 g/mol. The summed E-state index contributed by atoms with van der Waals surface area (Å²) in [5, 5.41) is 10.5. The van der Waals surface area contributed by atoms with Gasteiger partial charge in [-0.05, 0) is 40.8 Å². The monoisotopic (exact) mass is 358 g/mol. The zero-order chi connectivity index (χ0) is 17.6. The Kier molecular flexibility index (Phi) is 6.72. The second-order valence-corrected chi connectivity index (χ2v) is 13.3. The first kappa shape index (κ1) is 18.8. The van der Waals surface area contributed by atoms with Gasteiger partial charge in [0.15, 0.2) is 0 Å². The van der Waals surface area contributed by atoms with Crippen LogP contribution < -0.4 is 4.74 Å². The lowest BCUT2D eigenvalue weighted by atomic mass is 10.1. The first-order chi connectivity index (χ1) is 11.4. The van der Waals surface area contributed by atoms with E-state index in [-0.39, 0.29) is 0 Å². The highest BCUT2D eigenvalue weighted by Gasteiger charge is 2.21. The van der Waals surface area contributed by atoms with Crippen molar-refractivity contribution in [2.45, 2.75) is 37.1 Å². The Hall–Kier alpha value is -1.49. The van der Waals surface area contributed by atoms with Crippen LogP contribution in [0.25, 0.3) is 0 Å². The van der Waals surface area contributed by atoms with Crippen molar-refractivity contribution in [1.29, 1.82) is 0 Å². The van der Waals surface area contributed by atoms with Crippen molar-refractivity contribution in [2.75, 3.05) is 7.11 Å². The highest BCUT2D eigenvalue weighted by molar-refractivity contribution is 8.05. The van der Waals surface area contributed by atoms with E-state index in [1.807, 2.05) is 42.1 Å². The minimum Gasteiger partial charge on any atom is -0.497 e. The smallest absolute Gasteiger partial charge is 0.118 e. The van der Waals surface area contributed by atoms with Crippen LogP contribution in [0.4, 0.5) is 0 Å². The average Bonchev–Trinajstić information content (AvgIpc) is 2.58. The van der Waals surface area contributed by atoms with E-state index in [4.69, 9.17) is 4.74 Å². The lowest BCUT2D eigenvalue weighted by Crippen LogP contribution is -2.22. The van der Waals surface area contributed by atoms with Gasteiger partial charge in [-0.3, -0.25) is 0 Å². The molecule has 0 aliphatic carbocycles. The summed E-state index contributed by atoms with van der Waals surface area (Å²) in [6, 6.07) is 18.1. The molecule has 1 atom stereocenters. The van der Waals surface area contributed by atoms with Crippen molar-refractivity contribution in [3.05, 3.63) is 70.8 Å². The molecule has 0 aliphatic rings. The maximum absolute atomic E-state index is 10.5. The molecule has 0 spiro atoms. The Morgan fingerprint density at radius 1 is 1.08 bits per heavy atom. The summed E-state index contributed by atoms with van der Waals surface area (Å²) in [6.45, 7) is 7.03. The first-order valence-corrected chi connectivity index (χ1v) is 12.5. The van der Waals surface area contributed by atoms with E-state index in [1.165, 1.54) is 9.42 Å². The molecule has 0 aliphatic heterocycles. The van der Waals surface area contributed by atoms with Gasteiger partial charge in [0.1, 0.15) is 5.75 Å². The van der Waals surface area contributed by atoms with Crippen molar-refractivity contribution in [1.82, 2.24) is 0 Å². The zero-order valence-electron chi connectivity index (χ0n) is 14.8. The minimum absolute atomic E-state index is 0.487. The molecular weight excluding hydrogens is 332 g/mol. The van der Waals surface area contributed by atoms with Gasteiger partial charge in [0, 0.05) is 4.90 Å². The third-order valence-corrected chi connectivity index (χ3v) is 8.46. The van der Waals surface area contributed by atoms with Crippen LogP contribution in [-0.2, 0) is 0 Å². The molecule has 2 aromatic carbocycles. The summed E-state index contributed by atoms with van der Waals surface area (Å²) in [5.74, 6) is 0.809. The molecule has 0 bridgehead atoms. The van der Waals surface area contributed by atoms with E-state index in [0.29, 0.717) is 6.42 Å². The minimum atomic E-state index is -1.46. The van der Waals surface area contributed by atoms with E-state index in [1.54, 1.807) is 7.11 Å². The fourth-order valence-corrected chi connectivity index (χ4v) is 5.33. The van der Waals surface area contributed by atoms with Crippen molar-refractivity contribution < 1.29 is 9.84 Å². The molecule has 2 rings (SSSR count). The Labute approximate surface area is 150 Å². The third-order valence-electron chi connectivity index (χ3n) is 3.74. The van der Waals surface area contributed by atoms with Crippen LogP contribution in [0.1, 0.15) is 18.1 Å². The molecule has 128 valence electrons. The van der Waals surface area contributed by atoms with Gasteiger partial charge < -0.3 is 9.84 Å². The summed E-state index contributed by atoms with van der Waals surface area (Å²) in [7, 11) is 0.189. The molecule has 0 fully saturated rings. The number of hydrogen-bond acceptors (Lipinski definition) is 3. The fraction of sp³-hybridized carbons (Fsp3) is 0.300. The van der Waals surface area contributed by atoms with E-state index >= 15 is 0 Å². The molecule has 1 N–H and O–H groups in total. The summed E-state index contributed by atoms with van der Waals surface area (Å²) in [6.07, 6.45) is 2.36. The topological polar surface area (TPSA) is 29.5 Å². The summed E-state index contributed by atoms with van der Waals surface area (Å²) in [5.41, 5.74) is 0.923. The standard InChI is InChI=1S/C20H26O2SSi/c1-22-17-12-10-16(11-13-17)19(21)14-15-20(24(2,3)4)23-18-8-6-5-7-9-18/h5-13,15,19,21H,14H2,1-4H3/b20-15+. The van der Waals surface area contributed by atoms with Crippen LogP contribution >= 0.6 is 11.8 Å². The summed E-state index contributed by atoms with van der Waals surface area (Å²) < 4.78 is 6.57. The molecule has 2 nitrogen and oxygen atoms in total. The van der Waals surface area contributed by atoms with Gasteiger partial charge in [-0.2, -0.15) is 0 Å². The van der Waals surface area contributed by atoms with Crippen LogP contribution in [0.2, 0.25) is 19.6 Å². The number of benzene rings is 2. The first-order valence-electron chi connectivity index (χ1n) is 8.15. The second-order valence-electron chi connectivity index (χ2n) is 6.76. The van der Waals surface area contributed by atoms with Crippen LogP contribution in [0, 0.1) is 0 Å². The molecule has 2 aromatic rings. The number of aliphatic hydroxyl groups excluding tert-OH is 1. The van der Waals surface area contributed by atoms with Crippen molar-refractivity contribution in [2.24, 2.45) is 0 Å². The van der Waals surface area contributed by atoms with E-state index in [9.17, 15) is 5.11 Å². The Morgan fingerprint density at radius 3 is 2.25 bits per heavy atom. The molecular formula is C20H26O2SSi. The maximum Gasteiger partial charge on any atom is 0.118 e. The quantitative estimate of drug-likeness (QED) is 0.510. The van der Waals surface area contributed by atoms with Crippen LogP contribution in [-0.4, -0.2) is 20.3 Å². The molecule has 0 radical (unpaired) electrons. The SMILES string of the molecule is COc1ccc(C(O)C/C=C(\Sc2ccccc2)[Si](C)(C)C)cc1. The summed E-state index contributed by atoms with van der Waals surface area (Å²) >= 11 is 1.83. The molecule has 24 heavy (non-hydrogen) atoms. The number of hydrogen-bond donors (Lipinski definition) is 1. The van der Waals surface area contributed by atoms with Crippen molar-refractivity contribution in [3.8, 4) is 5.75 Å². The molecule has 0 saturated carbocycles. The van der Waals surface area contributed by atoms with Gasteiger partial charge in [0.05, 0.1) is 21.3 Å².